The highest BCUT2D eigenvalue weighted by molar-refractivity contribution is 7.81. The lowest BCUT2D eigenvalue weighted by Gasteiger charge is -2.37. The molecular weight excluding hydrogens is 528 g/mol. The number of nitrogens with zero attached hydrogens (tertiary/aromatic N) is 1. The minimum Gasteiger partial charge on any atom is -0.497 e. The zero-order valence-corrected chi connectivity index (χ0v) is 23.5. The molecule has 8 nitrogen and oxygen atoms in total. The van der Waals surface area contributed by atoms with Gasteiger partial charge >= 0.3 is 5.69 Å². The van der Waals surface area contributed by atoms with Gasteiger partial charge in [0.25, 0.3) is 5.56 Å². The summed E-state index contributed by atoms with van der Waals surface area (Å²) >= 11 is 4.80. The topological polar surface area (TPSA) is 91.8 Å². The fourth-order valence-corrected chi connectivity index (χ4v) is 5.45. The van der Waals surface area contributed by atoms with Gasteiger partial charge < -0.3 is 18.9 Å². The van der Waals surface area contributed by atoms with Gasteiger partial charge in [-0.15, -0.1) is 0 Å². The number of hydrogen-bond acceptors (Lipinski definition) is 7. The van der Waals surface area contributed by atoms with Gasteiger partial charge in [-0.3, -0.25) is 14.3 Å². The molecule has 4 aromatic rings. The van der Waals surface area contributed by atoms with Crippen LogP contribution >= 0.6 is 12.6 Å². The molecule has 1 aliphatic rings. The van der Waals surface area contributed by atoms with E-state index in [9.17, 15) is 9.59 Å². The molecular formula is C31H32N2O6S. The summed E-state index contributed by atoms with van der Waals surface area (Å²) in [7, 11) is 3.27. The standard InChI is InChI=1S/C31H32N2O6S/c1-20-18-33(30(35)32-29(20)34)28-17-27(40)26(39-28)19-38-31(21-7-5-4-6-8-21,22-9-13-24(36-2)14-10-22)23-11-15-25(37-3)16-12-23/h4-16,18,26-28,40H,17,19H2,1-3H3,(H,32,34,35)/t26-,27+,28-/m1/s1. The number of rotatable bonds is 9. The molecule has 0 radical (unpaired) electrons. The Bertz CT molecular complexity index is 1500. The highest BCUT2D eigenvalue weighted by atomic mass is 32.1. The van der Waals surface area contributed by atoms with Crippen molar-refractivity contribution in [2.24, 2.45) is 0 Å². The number of hydrogen-bond donors (Lipinski definition) is 2. The lowest BCUT2D eigenvalue weighted by molar-refractivity contribution is -0.0765. The van der Waals surface area contributed by atoms with Gasteiger partial charge in [0.2, 0.25) is 0 Å². The highest BCUT2D eigenvalue weighted by Gasteiger charge is 2.41. The predicted octanol–water partition coefficient (Wildman–Crippen LogP) is 4.46. The zero-order valence-electron chi connectivity index (χ0n) is 22.6. The van der Waals surface area contributed by atoms with Crippen molar-refractivity contribution in [2.45, 2.75) is 36.5 Å². The SMILES string of the molecule is COc1ccc(C(OC[C@H]2O[C@@H](n3cc(C)c(=O)[nH]c3=O)C[C@@H]2S)(c2ccccc2)c2ccc(OC)cc2)cc1. The third kappa shape index (κ3) is 5.32. The second-order valence-corrected chi connectivity index (χ2v) is 10.4. The monoisotopic (exact) mass is 560 g/mol. The lowest BCUT2D eigenvalue weighted by Crippen LogP contribution is -2.37. The molecule has 0 spiro atoms. The predicted molar refractivity (Wildman–Crippen MR) is 156 cm³/mol. The van der Waals surface area contributed by atoms with Gasteiger partial charge in [0.15, 0.2) is 0 Å². The largest absolute Gasteiger partial charge is 0.497 e. The van der Waals surface area contributed by atoms with Crippen molar-refractivity contribution in [1.82, 2.24) is 9.55 Å². The highest BCUT2D eigenvalue weighted by Crippen LogP contribution is 2.43. The van der Waals surface area contributed by atoms with E-state index in [1.165, 1.54) is 10.8 Å². The number of nitrogens with one attached hydrogen (secondary N) is 1. The summed E-state index contributed by atoms with van der Waals surface area (Å²) < 4.78 is 25.5. The molecule has 40 heavy (non-hydrogen) atoms. The molecule has 1 saturated heterocycles. The summed E-state index contributed by atoms with van der Waals surface area (Å²) in [6.07, 6.45) is 1.00. The fourth-order valence-electron chi connectivity index (χ4n) is 5.12. The van der Waals surface area contributed by atoms with Gasteiger partial charge in [0.1, 0.15) is 23.3 Å². The van der Waals surface area contributed by atoms with E-state index < -0.39 is 29.2 Å². The maximum atomic E-state index is 12.5. The van der Waals surface area contributed by atoms with Crippen molar-refractivity contribution in [3.8, 4) is 11.5 Å². The van der Waals surface area contributed by atoms with Crippen molar-refractivity contribution in [3.63, 3.8) is 0 Å². The van der Waals surface area contributed by atoms with Gasteiger partial charge in [0, 0.05) is 23.4 Å². The second-order valence-electron chi connectivity index (χ2n) is 9.73. The molecule has 1 aromatic heterocycles. The Labute approximate surface area is 237 Å². The normalized spacial score (nSPS) is 18.9. The first kappa shape index (κ1) is 27.8. The van der Waals surface area contributed by atoms with E-state index in [-0.39, 0.29) is 11.9 Å². The first-order valence-electron chi connectivity index (χ1n) is 13.0. The van der Waals surface area contributed by atoms with Crippen LogP contribution in [0.5, 0.6) is 11.5 Å². The maximum Gasteiger partial charge on any atom is 0.330 e. The molecule has 5 rings (SSSR count). The third-order valence-corrected chi connectivity index (χ3v) is 7.84. The van der Waals surface area contributed by atoms with Crippen LogP contribution in [0.2, 0.25) is 0 Å². The molecule has 0 amide bonds. The smallest absolute Gasteiger partial charge is 0.330 e. The second kappa shape index (κ2) is 11.8. The Hall–Kier alpha value is -3.79. The van der Waals surface area contributed by atoms with Gasteiger partial charge in [-0.05, 0) is 47.9 Å². The molecule has 1 N–H and O–H groups in total. The van der Waals surface area contributed by atoms with Gasteiger partial charge in [-0.2, -0.15) is 12.6 Å². The molecule has 3 aromatic carbocycles. The number of aryl methyl sites for hydroxylation is 1. The summed E-state index contributed by atoms with van der Waals surface area (Å²) in [6, 6.07) is 25.6. The van der Waals surface area contributed by atoms with Crippen molar-refractivity contribution < 1.29 is 18.9 Å². The number of ether oxygens (including phenoxy) is 4. The molecule has 0 aliphatic carbocycles. The third-order valence-electron chi connectivity index (χ3n) is 7.30. The maximum absolute atomic E-state index is 12.5. The van der Waals surface area contributed by atoms with Crippen LogP contribution in [0.25, 0.3) is 0 Å². The first-order chi connectivity index (χ1) is 19.3. The van der Waals surface area contributed by atoms with E-state index in [0.29, 0.717) is 12.0 Å². The van der Waals surface area contributed by atoms with Crippen LogP contribution < -0.4 is 20.7 Å². The average molecular weight is 561 g/mol. The Morgan fingerprint density at radius 3 is 2.00 bits per heavy atom. The van der Waals surface area contributed by atoms with Crippen LogP contribution in [-0.4, -0.2) is 41.7 Å². The van der Waals surface area contributed by atoms with Crippen molar-refractivity contribution >= 4 is 12.6 Å². The minimum absolute atomic E-state index is 0.189. The summed E-state index contributed by atoms with van der Waals surface area (Å²) in [5.74, 6) is 1.47. The zero-order chi connectivity index (χ0) is 28.3. The van der Waals surface area contributed by atoms with Gasteiger partial charge in [-0.25, -0.2) is 4.79 Å². The Balaban J connectivity index is 1.54. The van der Waals surface area contributed by atoms with Crippen molar-refractivity contribution in [2.75, 3.05) is 20.8 Å². The van der Waals surface area contributed by atoms with Crippen LogP contribution in [0.1, 0.15) is 34.9 Å². The Kier molecular flexibility index (Phi) is 8.16. The molecule has 1 fully saturated rings. The number of aromatic nitrogens is 2. The van der Waals surface area contributed by atoms with Crippen LogP contribution in [0, 0.1) is 6.92 Å². The molecule has 3 atom stereocenters. The number of methoxy groups -OCH3 is 2. The summed E-state index contributed by atoms with van der Waals surface area (Å²) in [6.45, 7) is 1.84. The Morgan fingerprint density at radius 1 is 0.900 bits per heavy atom. The summed E-state index contributed by atoms with van der Waals surface area (Å²) in [4.78, 5) is 26.7. The van der Waals surface area contributed by atoms with Crippen LogP contribution in [0.15, 0.2) is 94.6 Å². The van der Waals surface area contributed by atoms with E-state index in [4.69, 9.17) is 31.6 Å². The molecule has 0 saturated carbocycles. The molecule has 208 valence electrons. The van der Waals surface area contributed by atoms with Crippen molar-refractivity contribution in [1.29, 1.82) is 0 Å². The molecule has 1 aliphatic heterocycles. The fraction of sp³-hybridized carbons (Fsp3) is 0.290. The van der Waals surface area contributed by atoms with E-state index >= 15 is 0 Å². The molecule has 0 unspecified atom stereocenters. The lowest BCUT2D eigenvalue weighted by atomic mass is 9.80. The summed E-state index contributed by atoms with van der Waals surface area (Å²) in [5, 5.41) is -0.204. The first-order valence-corrected chi connectivity index (χ1v) is 13.5. The summed E-state index contributed by atoms with van der Waals surface area (Å²) in [5.41, 5.74) is 1.25. The van der Waals surface area contributed by atoms with E-state index in [2.05, 4.69) is 4.98 Å². The van der Waals surface area contributed by atoms with Crippen molar-refractivity contribution in [3.05, 3.63) is 128 Å². The number of aromatic amines is 1. The molecule has 0 bridgehead atoms. The number of H-pyrrole nitrogens is 1. The Morgan fingerprint density at radius 2 is 1.45 bits per heavy atom. The quantitative estimate of drug-likeness (QED) is 0.232. The molecule has 9 heteroatoms. The van der Waals surface area contributed by atoms with E-state index in [0.717, 1.165) is 28.2 Å². The van der Waals surface area contributed by atoms with E-state index in [1.807, 2.05) is 78.9 Å². The van der Waals surface area contributed by atoms with E-state index in [1.54, 1.807) is 21.1 Å². The van der Waals surface area contributed by atoms with Gasteiger partial charge in [-0.1, -0.05) is 54.6 Å². The van der Waals surface area contributed by atoms with Gasteiger partial charge in [0.05, 0.1) is 26.9 Å². The molecule has 2 heterocycles. The van der Waals surface area contributed by atoms with Crippen LogP contribution in [0.3, 0.4) is 0 Å². The number of thiol groups is 1. The minimum atomic E-state index is -1.000. The van der Waals surface area contributed by atoms with Crippen LogP contribution in [-0.2, 0) is 15.1 Å². The average Bonchev–Trinajstić information content (AvgIpc) is 3.36. The van der Waals surface area contributed by atoms with Crippen LogP contribution in [0.4, 0.5) is 0 Å². The number of benzene rings is 3.